The van der Waals surface area contributed by atoms with Gasteiger partial charge in [-0.15, -0.1) is 0 Å². The molecule has 0 spiro atoms. The van der Waals surface area contributed by atoms with Crippen LogP contribution in [-0.4, -0.2) is 28.1 Å². The lowest BCUT2D eigenvalue weighted by molar-refractivity contribution is -0.115. The first-order chi connectivity index (χ1) is 9.11. The van der Waals surface area contributed by atoms with E-state index in [-0.39, 0.29) is 5.78 Å². The summed E-state index contributed by atoms with van der Waals surface area (Å²) < 4.78 is 6.28. The Morgan fingerprint density at radius 2 is 2.32 bits per heavy atom. The van der Waals surface area contributed by atoms with E-state index in [1.807, 2.05) is 24.0 Å². The molecule has 1 saturated carbocycles. The van der Waals surface area contributed by atoms with Gasteiger partial charge in [0.05, 0.1) is 11.4 Å². The van der Waals surface area contributed by atoms with E-state index in [1.54, 1.807) is 6.08 Å². The van der Waals surface area contributed by atoms with Gasteiger partial charge in [-0.1, -0.05) is 24.0 Å². The number of carbonyl (C=O) groups is 1. The van der Waals surface area contributed by atoms with Crippen LogP contribution in [0.3, 0.4) is 0 Å². The lowest BCUT2D eigenvalue weighted by Gasteiger charge is -2.28. The molecule has 19 heavy (non-hydrogen) atoms. The maximum absolute atomic E-state index is 12.1. The molecular formula is C14H15NO2S2. The van der Waals surface area contributed by atoms with Gasteiger partial charge in [-0.25, -0.2) is 0 Å². The second-order valence-electron chi connectivity index (χ2n) is 5.07. The number of carbonyl (C=O) groups excluding carboxylic acids is 1. The molecule has 0 bridgehead atoms. The summed E-state index contributed by atoms with van der Waals surface area (Å²) in [5.41, 5.74) is 0. The largest absolute Gasteiger partial charge is 0.462 e. The molecule has 0 amide bonds. The SMILES string of the molecule is Cc1ccc(/C=C2\SC(=S)N(CC3CC3)CC2=O)o1. The Labute approximate surface area is 122 Å². The first-order valence-corrected chi connectivity index (χ1v) is 7.62. The van der Waals surface area contributed by atoms with Gasteiger partial charge in [0.2, 0.25) is 0 Å². The lowest BCUT2D eigenvalue weighted by atomic mass is 10.2. The summed E-state index contributed by atoms with van der Waals surface area (Å²) in [5.74, 6) is 2.43. The van der Waals surface area contributed by atoms with E-state index in [0.717, 1.165) is 22.5 Å². The monoisotopic (exact) mass is 293 g/mol. The van der Waals surface area contributed by atoms with Gasteiger partial charge in [-0.05, 0) is 43.9 Å². The van der Waals surface area contributed by atoms with Crippen LogP contribution in [0.2, 0.25) is 0 Å². The molecule has 1 aliphatic heterocycles. The molecule has 0 radical (unpaired) electrons. The Balaban J connectivity index is 1.72. The van der Waals surface area contributed by atoms with Gasteiger partial charge < -0.3 is 9.32 Å². The van der Waals surface area contributed by atoms with Crippen molar-refractivity contribution in [3.8, 4) is 0 Å². The molecule has 3 rings (SSSR count). The maximum Gasteiger partial charge on any atom is 0.189 e. The van der Waals surface area contributed by atoms with Crippen LogP contribution in [0.15, 0.2) is 21.5 Å². The molecular weight excluding hydrogens is 278 g/mol. The summed E-state index contributed by atoms with van der Waals surface area (Å²) >= 11 is 6.78. The minimum absolute atomic E-state index is 0.133. The second-order valence-corrected chi connectivity index (χ2v) is 6.75. The zero-order valence-electron chi connectivity index (χ0n) is 10.7. The van der Waals surface area contributed by atoms with Crippen LogP contribution in [0.25, 0.3) is 6.08 Å². The van der Waals surface area contributed by atoms with Gasteiger partial charge in [0.25, 0.3) is 0 Å². The molecule has 1 aliphatic carbocycles. The topological polar surface area (TPSA) is 33.5 Å². The van der Waals surface area contributed by atoms with Crippen molar-refractivity contribution < 1.29 is 9.21 Å². The van der Waals surface area contributed by atoms with Crippen molar-refractivity contribution in [2.75, 3.05) is 13.1 Å². The fourth-order valence-electron chi connectivity index (χ4n) is 2.05. The highest BCUT2D eigenvalue weighted by Gasteiger charge is 2.31. The van der Waals surface area contributed by atoms with Crippen molar-refractivity contribution in [1.82, 2.24) is 4.90 Å². The third-order valence-corrected chi connectivity index (χ3v) is 4.78. The second kappa shape index (κ2) is 5.13. The Morgan fingerprint density at radius 3 is 2.95 bits per heavy atom. The number of hydrogen-bond donors (Lipinski definition) is 0. The minimum Gasteiger partial charge on any atom is -0.462 e. The van der Waals surface area contributed by atoms with Crippen LogP contribution in [0.5, 0.6) is 0 Å². The van der Waals surface area contributed by atoms with Crippen LogP contribution in [0, 0.1) is 12.8 Å². The number of rotatable bonds is 3. The molecule has 5 heteroatoms. The third-order valence-electron chi connectivity index (χ3n) is 3.27. The van der Waals surface area contributed by atoms with Gasteiger partial charge in [0.1, 0.15) is 15.8 Å². The molecule has 2 fully saturated rings. The molecule has 1 saturated heterocycles. The summed E-state index contributed by atoms with van der Waals surface area (Å²) in [7, 11) is 0. The highest BCUT2D eigenvalue weighted by atomic mass is 32.2. The predicted molar refractivity (Wildman–Crippen MR) is 80.9 cm³/mol. The molecule has 0 unspecified atom stereocenters. The molecule has 0 aromatic carbocycles. The van der Waals surface area contributed by atoms with Crippen molar-refractivity contribution in [3.05, 3.63) is 28.6 Å². The maximum atomic E-state index is 12.1. The molecule has 0 atom stereocenters. The highest BCUT2D eigenvalue weighted by molar-refractivity contribution is 8.26. The number of ketones is 1. The van der Waals surface area contributed by atoms with E-state index in [0.29, 0.717) is 17.2 Å². The zero-order valence-corrected chi connectivity index (χ0v) is 12.4. The smallest absolute Gasteiger partial charge is 0.189 e. The molecule has 2 aliphatic rings. The molecule has 1 aromatic rings. The average Bonchev–Trinajstić information content (AvgIpc) is 3.08. The number of nitrogens with zero attached hydrogens (tertiary/aromatic N) is 1. The number of furan rings is 1. The highest BCUT2D eigenvalue weighted by Crippen LogP contribution is 2.34. The Hall–Kier alpha value is -1.07. The molecule has 100 valence electrons. The van der Waals surface area contributed by atoms with Crippen molar-refractivity contribution >= 4 is 40.2 Å². The average molecular weight is 293 g/mol. The standard InChI is InChI=1S/C14H15NO2S2/c1-9-2-5-11(17-9)6-13-12(16)8-15(14(18)19-13)7-10-3-4-10/h2,5-6,10H,3-4,7-8H2,1H3/b13-6-. The van der Waals surface area contributed by atoms with E-state index in [1.165, 1.54) is 24.6 Å². The number of aryl methyl sites for hydroxylation is 1. The van der Waals surface area contributed by atoms with E-state index in [2.05, 4.69) is 0 Å². The molecule has 3 nitrogen and oxygen atoms in total. The van der Waals surface area contributed by atoms with Gasteiger partial charge in [-0.3, -0.25) is 4.79 Å². The Bertz CT molecular complexity index is 558. The van der Waals surface area contributed by atoms with Gasteiger partial charge in [0, 0.05) is 6.54 Å². The number of thiocarbonyl (C=S) groups is 1. The van der Waals surface area contributed by atoms with Crippen molar-refractivity contribution in [3.63, 3.8) is 0 Å². The lowest BCUT2D eigenvalue weighted by Crippen LogP contribution is -2.38. The zero-order chi connectivity index (χ0) is 13.4. The molecule has 0 N–H and O–H groups in total. The number of Topliss-reactive ketones (excluding diaryl/α,β-unsaturated/α-hetero) is 1. The molecule has 1 aromatic heterocycles. The van der Waals surface area contributed by atoms with Gasteiger partial charge in [0.15, 0.2) is 5.78 Å². The fourth-order valence-corrected chi connectivity index (χ4v) is 3.27. The summed E-state index contributed by atoms with van der Waals surface area (Å²) in [4.78, 5) is 14.9. The first kappa shape index (κ1) is 12.9. The van der Waals surface area contributed by atoms with Gasteiger partial charge >= 0.3 is 0 Å². The van der Waals surface area contributed by atoms with Crippen LogP contribution in [-0.2, 0) is 4.79 Å². The Kier molecular flexibility index (Phi) is 3.50. The van der Waals surface area contributed by atoms with Crippen molar-refractivity contribution in [2.45, 2.75) is 19.8 Å². The van der Waals surface area contributed by atoms with E-state index < -0.39 is 0 Å². The Morgan fingerprint density at radius 1 is 1.53 bits per heavy atom. The van der Waals surface area contributed by atoms with Crippen molar-refractivity contribution in [1.29, 1.82) is 0 Å². The number of hydrogen-bond acceptors (Lipinski definition) is 4. The van der Waals surface area contributed by atoms with Crippen LogP contribution < -0.4 is 0 Å². The predicted octanol–water partition coefficient (Wildman–Crippen LogP) is 3.24. The third kappa shape index (κ3) is 3.09. The summed E-state index contributed by atoms with van der Waals surface area (Å²) in [5, 5.41) is 0. The molecule has 2 heterocycles. The minimum atomic E-state index is 0.133. The fraction of sp³-hybridized carbons (Fsp3) is 0.429. The normalized spacial score (nSPS) is 22.4. The van der Waals surface area contributed by atoms with Crippen molar-refractivity contribution in [2.24, 2.45) is 5.92 Å². The summed E-state index contributed by atoms with van der Waals surface area (Å²) in [6.07, 6.45) is 4.33. The van der Waals surface area contributed by atoms with Crippen LogP contribution >= 0.6 is 24.0 Å². The number of thioether (sulfide) groups is 1. The summed E-state index contributed by atoms with van der Waals surface area (Å²) in [6, 6.07) is 3.76. The van der Waals surface area contributed by atoms with E-state index >= 15 is 0 Å². The summed E-state index contributed by atoms with van der Waals surface area (Å²) in [6.45, 7) is 3.23. The van der Waals surface area contributed by atoms with Crippen LogP contribution in [0.1, 0.15) is 24.4 Å². The quantitative estimate of drug-likeness (QED) is 0.631. The van der Waals surface area contributed by atoms with E-state index in [9.17, 15) is 4.79 Å². The van der Waals surface area contributed by atoms with Gasteiger partial charge in [-0.2, -0.15) is 0 Å². The van der Waals surface area contributed by atoms with E-state index in [4.69, 9.17) is 16.6 Å². The first-order valence-electron chi connectivity index (χ1n) is 6.40. The van der Waals surface area contributed by atoms with Crippen LogP contribution in [0.4, 0.5) is 0 Å².